The normalized spacial score (nSPS) is 15.9. The van der Waals surface area contributed by atoms with Crippen molar-refractivity contribution in [2.75, 3.05) is 6.54 Å². The third-order valence-electron chi connectivity index (χ3n) is 1.47. The van der Waals surface area contributed by atoms with Gasteiger partial charge in [0.05, 0.1) is 5.60 Å². The molecule has 0 fully saturated rings. The summed E-state index contributed by atoms with van der Waals surface area (Å²) < 4.78 is 0. The van der Waals surface area contributed by atoms with E-state index in [0.29, 0.717) is 12.6 Å². The molecule has 1 unspecified atom stereocenters. The first-order valence-electron chi connectivity index (χ1n) is 4.45. The third kappa shape index (κ3) is 6.38. The van der Waals surface area contributed by atoms with Crippen LogP contribution in [0.1, 0.15) is 34.6 Å². The zero-order valence-corrected chi connectivity index (χ0v) is 8.81. The van der Waals surface area contributed by atoms with Crippen LogP contribution in [0, 0.1) is 0 Å². The molecular formula is C10H21NO. The van der Waals surface area contributed by atoms with Gasteiger partial charge in [0.15, 0.2) is 0 Å². The van der Waals surface area contributed by atoms with Crippen LogP contribution in [0.3, 0.4) is 0 Å². The molecule has 0 aromatic carbocycles. The Labute approximate surface area is 75.7 Å². The molecule has 0 amide bonds. The van der Waals surface area contributed by atoms with Crippen LogP contribution in [-0.4, -0.2) is 23.3 Å². The maximum absolute atomic E-state index is 9.79. The molecule has 0 aromatic rings. The molecule has 0 aliphatic carbocycles. The largest absolute Gasteiger partial charge is 0.385 e. The second kappa shape index (κ2) is 4.63. The number of hydrogen-bond donors (Lipinski definition) is 2. The lowest BCUT2D eigenvalue weighted by Gasteiger charge is -2.22. The fourth-order valence-corrected chi connectivity index (χ4v) is 1.08. The van der Waals surface area contributed by atoms with Gasteiger partial charge in [0.25, 0.3) is 0 Å². The number of nitrogens with one attached hydrogen (secondary N) is 1. The molecule has 0 heterocycles. The van der Waals surface area contributed by atoms with E-state index in [2.05, 4.69) is 19.2 Å². The number of hydrogen-bond acceptors (Lipinski definition) is 2. The van der Waals surface area contributed by atoms with Crippen molar-refractivity contribution in [2.45, 2.75) is 46.3 Å². The van der Waals surface area contributed by atoms with Gasteiger partial charge in [0.1, 0.15) is 0 Å². The maximum Gasteiger partial charge on any atom is 0.0925 e. The van der Waals surface area contributed by atoms with E-state index in [-0.39, 0.29) is 0 Å². The molecule has 2 N–H and O–H groups in total. The molecule has 0 radical (unpaired) electrons. The summed E-state index contributed by atoms with van der Waals surface area (Å²) in [6.07, 6.45) is 1.88. The molecule has 2 nitrogen and oxygen atoms in total. The zero-order valence-electron chi connectivity index (χ0n) is 8.81. The minimum atomic E-state index is -0.719. The fourth-order valence-electron chi connectivity index (χ4n) is 1.08. The molecule has 0 aliphatic heterocycles. The van der Waals surface area contributed by atoms with Crippen LogP contribution in [0.2, 0.25) is 0 Å². The molecular weight excluding hydrogens is 150 g/mol. The molecule has 12 heavy (non-hydrogen) atoms. The molecule has 0 saturated heterocycles. The van der Waals surface area contributed by atoms with Crippen LogP contribution in [0.5, 0.6) is 0 Å². The summed E-state index contributed by atoms with van der Waals surface area (Å²) in [6.45, 7) is 10.5. The lowest BCUT2D eigenvalue weighted by atomic mass is 10.0. The second-order valence-corrected chi connectivity index (χ2v) is 4.11. The van der Waals surface area contributed by atoms with Gasteiger partial charge in [-0.25, -0.2) is 0 Å². The number of aliphatic hydroxyl groups is 1. The topological polar surface area (TPSA) is 32.3 Å². The summed E-state index contributed by atoms with van der Waals surface area (Å²) >= 11 is 0. The standard InChI is InChI=1S/C10H21NO/c1-8(2)6-10(5,12)7-11-9(3)4/h6,9,11-12H,7H2,1-5H3. The lowest BCUT2D eigenvalue weighted by Crippen LogP contribution is -2.39. The Bertz CT molecular complexity index is 155. The van der Waals surface area contributed by atoms with E-state index >= 15 is 0 Å². The fraction of sp³-hybridized carbons (Fsp3) is 0.800. The lowest BCUT2D eigenvalue weighted by molar-refractivity contribution is 0.107. The molecule has 0 saturated carbocycles. The predicted octanol–water partition coefficient (Wildman–Crippen LogP) is 1.70. The highest BCUT2D eigenvalue weighted by Gasteiger charge is 2.16. The van der Waals surface area contributed by atoms with Gasteiger partial charge >= 0.3 is 0 Å². The van der Waals surface area contributed by atoms with Crippen molar-refractivity contribution < 1.29 is 5.11 Å². The number of rotatable bonds is 4. The Balaban J connectivity index is 3.96. The van der Waals surface area contributed by atoms with Crippen LogP contribution < -0.4 is 5.32 Å². The van der Waals surface area contributed by atoms with Crippen molar-refractivity contribution in [1.29, 1.82) is 0 Å². The highest BCUT2D eigenvalue weighted by molar-refractivity contribution is 5.05. The second-order valence-electron chi connectivity index (χ2n) is 4.11. The van der Waals surface area contributed by atoms with Gasteiger partial charge in [-0.3, -0.25) is 0 Å². The van der Waals surface area contributed by atoms with Gasteiger partial charge in [-0.05, 0) is 20.8 Å². The molecule has 0 rings (SSSR count). The van der Waals surface area contributed by atoms with Crippen molar-refractivity contribution in [3.63, 3.8) is 0 Å². The van der Waals surface area contributed by atoms with Crippen molar-refractivity contribution in [1.82, 2.24) is 5.32 Å². The summed E-state index contributed by atoms with van der Waals surface area (Å²) in [6, 6.07) is 0.419. The van der Waals surface area contributed by atoms with Crippen molar-refractivity contribution in [3.05, 3.63) is 11.6 Å². The van der Waals surface area contributed by atoms with E-state index in [0.717, 1.165) is 5.57 Å². The van der Waals surface area contributed by atoms with Crippen LogP contribution in [0.4, 0.5) is 0 Å². The molecule has 72 valence electrons. The van der Waals surface area contributed by atoms with E-state index in [1.807, 2.05) is 26.8 Å². The molecule has 1 atom stereocenters. The first kappa shape index (κ1) is 11.7. The first-order chi connectivity index (χ1) is 5.33. The molecule has 0 spiro atoms. The van der Waals surface area contributed by atoms with Gasteiger partial charge in [-0.1, -0.05) is 25.5 Å². The Kier molecular flexibility index (Phi) is 4.50. The van der Waals surface area contributed by atoms with E-state index < -0.39 is 5.60 Å². The van der Waals surface area contributed by atoms with E-state index in [9.17, 15) is 5.11 Å². The average Bonchev–Trinajstić information content (AvgIpc) is 1.81. The van der Waals surface area contributed by atoms with Crippen molar-refractivity contribution in [2.24, 2.45) is 0 Å². The summed E-state index contributed by atoms with van der Waals surface area (Å²) in [5, 5.41) is 13.0. The summed E-state index contributed by atoms with van der Waals surface area (Å²) in [5.41, 5.74) is 0.425. The number of allylic oxidation sites excluding steroid dienone is 1. The van der Waals surface area contributed by atoms with E-state index in [1.54, 1.807) is 0 Å². The van der Waals surface area contributed by atoms with Crippen molar-refractivity contribution in [3.8, 4) is 0 Å². The van der Waals surface area contributed by atoms with Crippen LogP contribution in [0.25, 0.3) is 0 Å². The van der Waals surface area contributed by atoms with Gasteiger partial charge in [0.2, 0.25) is 0 Å². The van der Waals surface area contributed by atoms with Crippen LogP contribution >= 0.6 is 0 Å². The van der Waals surface area contributed by atoms with E-state index in [4.69, 9.17) is 0 Å². The Hall–Kier alpha value is -0.340. The van der Waals surface area contributed by atoms with Gasteiger partial charge in [-0.2, -0.15) is 0 Å². The first-order valence-corrected chi connectivity index (χ1v) is 4.45. The average molecular weight is 171 g/mol. The highest BCUT2D eigenvalue weighted by atomic mass is 16.3. The third-order valence-corrected chi connectivity index (χ3v) is 1.47. The molecule has 0 aliphatic rings. The van der Waals surface area contributed by atoms with Gasteiger partial charge in [0, 0.05) is 12.6 Å². The van der Waals surface area contributed by atoms with E-state index in [1.165, 1.54) is 0 Å². The predicted molar refractivity (Wildman–Crippen MR) is 53.2 cm³/mol. The molecule has 2 heteroatoms. The minimum Gasteiger partial charge on any atom is -0.385 e. The summed E-state index contributed by atoms with van der Waals surface area (Å²) in [7, 11) is 0. The molecule has 0 bridgehead atoms. The Morgan fingerprint density at radius 1 is 1.50 bits per heavy atom. The summed E-state index contributed by atoms with van der Waals surface area (Å²) in [4.78, 5) is 0. The Morgan fingerprint density at radius 3 is 2.33 bits per heavy atom. The minimum absolute atomic E-state index is 0.419. The zero-order chi connectivity index (χ0) is 9.78. The quantitative estimate of drug-likeness (QED) is 0.631. The Morgan fingerprint density at radius 2 is 2.00 bits per heavy atom. The smallest absolute Gasteiger partial charge is 0.0925 e. The monoisotopic (exact) mass is 171 g/mol. The molecule has 0 aromatic heterocycles. The van der Waals surface area contributed by atoms with Crippen molar-refractivity contribution >= 4 is 0 Å². The van der Waals surface area contributed by atoms with Crippen LogP contribution in [0.15, 0.2) is 11.6 Å². The maximum atomic E-state index is 9.79. The van der Waals surface area contributed by atoms with Gasteiger partial charge < -0.3 is 10.4 Å². The van der Waals surface area contributed by atoms with Crippen LogP contribution in [-0.2, 0) is 0 Å². The van der Waals surface area contributed by atoms with Gasteiger partial charge in [-0.15, -0.1) is 0 Å². The summed E-state index contributed by atoms with van der Waals surface area (Å²) in [5.74, 6) is 0. The SMILES string of the molecule is CC(C)=CC(C)(O)CNC(C)C. The highest BCUT2D eigenvalue weighted by Crippen LogP contribution is 2.07.